The molecule has 45 heavy (non-hydrogen) atoms. The van der Waals surface area contributed by atoms with Gasteiger partial charge in [-0.15, -0.1) is 0 Å². The Labute approximate surface area is 265 Å². The number of cyclic esters (lactones) is 1. The number of esters is 1. The van der Waals surface area contributed by atoms with Gasteiger partial charge in [0.15, 0.2) is 0 Å². The van der Waals surface area contributed by atoms with Crippen LogP contribution >= 0.6 is 0 Å². The minimum atomic E-state index is -1.39. The average Bonchev–Trinajstić information content (AvgIpc) is 3.62. The Morgan fingerprint density at radius 1 is 1.07 bits per heavy atom. The molecule has 4 heterocycles. The Kier molecular flexibility index (Phi) is 9.29. The van der Waals surface area contributed by atoms with Crippen LogP contribution in [-0.4, -0.2) is 87.1 Å². The number of hydrogen-bond acceptors (Lipinski definition) is 7. The Hall–Kier alpha value is -3.50. The fraction of sp³-hybridized carbons (Fsp3) is 0.600. The second-order valence-corrected chi connectivity index (χ2v) is 14.2. The zero-order valence-electron chi connectivity index (χ0n) is 27.1. The maximum absolute atomic E-state index is 14.8. The van der Waals surface area contributed by atoms with Crippen LogP contribution in [0, 0.1) is 17.8 Å². The highest BCUT2D eigenvalue weighted by atomic mass is 16.6. The van der Waals surface area contributed by atoms with Crippen molar-refractivity contribution in [2.45, 2.75) is 102 Å². The van der Waals surface area contributed by atoms with E-state index >= 15 is 0 Å². The fourth-order valence-electron chi connectivity index (χ4n) is 7.43. The van der Waals surface area contributed by atoms with E-state index in [-0.39, 0.29) is 37.3 Å². The molecule has 244 valence electrons. The normalized spacial score (nSPS) is 33.8. The van der Waals surface area contributed by atoms with Crippen molar-refractivity contribution in [1.82, 2.24) is 15.1 Å². The van der Waals surface area contributed by atoms with Crippen LogP contribution in [0.1, 0.15) is 72.5 Å². The predicted molar refractivity (Wildman–Crippen MR) is 167 cm³/mol. The second kappa shape index (κ2) is 12.7. The highest BCUT2D eigenvalue weighted by molar-refractivity contribution is 5.99. The molecule has 1 aromatic rings. The van der Waals surface area contributed by atoms with E-state index in [0.29, 0.717) is 18.4 Å². The first-order valence-electron chi connectivity index (χ1n) is 16.1. The van der Waals surface area contributed by atoms with Crippen molar-refractivity contribution >= 4 is 23.7 Å². The lowest BCUT2D eigenvalue weighted by molar-refractivity contribution is -0.162. The molecule has 4 aliphatic heterocycles. The molecule has 10 nitrogen and oxygen atoms in total. The van der Waals surface area contributed by atoms with Crippen LogP contribution in [0.4, 0.5) is 0 Å². The predicted octanol–water partition coefficient (Wildman–Crippen LogP) is 3.31. The third kappa shape index (κ3) is 6.06. The van der Waals surface area contributed by atoms with Gasteiger partial charge in [-0.1, -0.05) is 68.5 Å². The van der Waals surface area contributed by atoms with Crippen molar-refractivity contribution in [1.29, 1.82) is 0 Å². The largest absolute Gasteiger partial charge is 0.455 e. The summed E-state index contributed by atoms with van der Waals surface area (Å²) in [5.74, 6) is -3.42. The number of likely N-dealkylation sites (tertiary alicyclic amines) is 1. The Morgan fingerprint density at radius 2 is 1.78 bits per heavy atom. The molecule has 5 rings (SSSR count). The van der Waals surface area contributed by atoms with E-state index in [1.165, 1.54) is 4.90 Å². The van der Waals surface area contributed by atoms with Gasteiger partial charge < -0.3 is 29.7 Å². The van der Waals surface area contributed by atoms with Crippen molar-refractivity contribution in [3.05, 3.63) is 60.2 Å². The first-order chi connectivity index (χ1) is 21.3. The molecule has 8 atom stereocenters. The first-order valence-corrected chi connectivity index (χ1v) is 16.1. The van der Waals surface area contributed by atoms with Crippen LogP contribution in [-0.2, 0) is 28.7 Å². The van der Waals surface area contributed by atoms with Crippen LogP contribution in [0.15, 0.2) is 54.6 Å². The Morgan fingerprint density at radius 3 is 2.42 bits per heavy atom. The molecule has 0 unspecified atom stereocenters. The molecule has 2 saturated heterocycles. The summed E-state index contributed by atoms with van der Waals surface area (Å²) in [7, 11) is 0. The number of carbonyl (C=O) groups excluding carboxylic acids is 4. The molecule has 2 fully saturated rings. The number of allylic oxidation sites excluding steroid dienone is 1. The number of hydrogen-bond donors (Lipinski definition) is 2. The van der Waals surface area contributed by atoms with Crippen molar-refractivity contribution in [3.8, 4) is 0 Å². The quantitative estimate of drug-likeness (QED) is 0.382. The summed E-state index contributed by atoms with van der Waals surface area (Å²) in [6.07, 6.45) is 6.86. The van der Waals surface area contributed by atoms with E-state index in [4.69, 9.17) is 9.47 Å². The zero-order chi connectivity index (χ0) is 32.7. The number of nitrogens with zero attached hydrogens (tertiary/aromatic N) is 2. The molecule has 0 radical (unpaired) electrons. The van der Waals surface area contributed by atoms with Gasteiger partial charge in [-0.3, -0.25) is 19.2 Å². The van der Waals surface area contributed by atoms with Gasteiger partial charge in [-0.05, 0) is 52.0 Å². The molecule has 0 saturated carbocycles. The van der Waals surface area contributed by atoms with Crippen molar-refractivity contribution in [2.24, 2.45) is 17.8 Å². The number of fused-ring (bicyclic) bond motifs is 2. The highest BCUT2D eigenvalue weighted by Crippen LogP contribution is 2.56. The number of aliphatic hydroxyl groups is 1. The maximum atomic E-state index is 14.8. The smallest absolute Gasteiger partial charge is 0.313 e. The van der Waals surface area contributed by atoms with E-state index in [1.54, 1.807) is 24.0 Å². The summed E-state index contributed by atoms with van der Waals surface area (Å²) < 4.78 is 12.7. The van der Waals surface area contributed by atoms with Crippen molar-refractivity contribution in [2.75, 3.05) is 13.2 Å². The third-order valence-corrected chi connectivity index (χ3v) is 9.45. The molecule has 5 bridgehead atoms. The van der Waals surface area contributed by atoms with Gasteiger partial charge in [0.2, 0.25) is 17.7 Å². The highest BCUT2D eigenvalue weighted by Gasteiger charge is 2.74. The zero-order valence-corrected chi connectivity index (χ0v) is 27.1. The number of benzene rings is 1. The molecule has 10 heteroatoms. The summed E-state index contributed by atoms with van der Waals surface area (Å²) in [5, 5.41) is 13.6. The van der Waals surface area contributed by atoms with Crippen LogP contribution in [0.5, 0.6) is 0 Å². The molecular formula is C35H47N3O7. The van der Waals surface area contributed by atoms with E-state index in [9.17, 15) is 24.3 Å². The standard InChI is InChI=1S/C35H47N3O7/c1-21(2)19-24(20-39)38-30-32(42)37(34(4,5)6)18-12-8-11-15-26(40)36-22(3)29(23-13-9-7-10-14-23)44-33(43)27-25-16-17-35(30,45-25)28(27)31(38)41/h7-10,12-14,16-17,21-22,24-25,27-30,39H,11,15,18-20H2,1-6H3,(H,36,40)/b12-8-/t22-,24-,25+,27-,28-,29+,30+,35-/m1/s1. The van der Waals surface area contributed by atoms with Gasteiger partial charge in [0.25, 0.3) is 0 Å². The Balaban J connectivity index is 1.63. The lowest BCUT2D eigenvalue weighted by Crippen LogP contribution is -2.61. The number of nitrogens with one attached hydrogen (secondary N) is 1. The van der Waals surface area contributed by atoms with Crippen LogP contribution in [0.2, 0.25) is 0 Å². The van der Waals surface area contributed by atoms with Crippen molar-refractivity contribution in [3.63, 3.8) is 0 Å². The van der Waals surface area contributed by atoms with Gasteiger partial charge in [0.1, 0.15) is 23.7 Å². The summed E-state index contributed by atoms with van der Waals surface area (Å²) in [6, 6.07) is 6.91. The molecule has 4 aliphatic rings. The topological polar surface area (TPSA) is 125 Å². The summed E-state index contributed by atoms with van der Waals surface area (Å²) in [5.41, 5.74) is -1.32. The van der Waals surface area contributed by atoms with E-state index in [2.05, 4.69) is 5.32 Å². The minimum absolute atomic E-state index is 0.132. The molecule has 3 amide bonds. The Bertz CT molecular complexity index is 1350. The first kappa shape index (κ1) is 32.9. The van der Waals surface area contributed by atoms with Crippen LogP contribution in [0.3, 0.4) is 0 Å². The monoisotopic (exact) mass is 621 g/mol. The molecular weight excluding hydrogens is 574 g/mol. The molecule has 1 spiro atoms. The number of rotatable bonds is 5. The average molecular weight is 622 g/mol. The molecule has 0 aromatic heterocycles. The van der Waals surface area contributed by atoms with Gasteiger partial charge >= 0.3 is 5.97 Å². The van der Waals surface area contributed by atoms with E-state index in [1.807, 2.05) is 77.1 Å². The van der Waals surface area contributed by atoms with Crippen LogP contribution < -0.4 is 5.32 Å². The lowest BCUT2D eigenvalue weighted by Gasteiger charge is -2.43. The van der Waals surface area contributed by atoms with E-state index < -0.39 is 65.2 Å². The number of ether oxygens (including phenoxy) is 2. The summed E-state index contributed by atoms with van der Waals surface area (Å²) in [4.78, 5) is 59.7. The number of aliphatic hydroxyl groups excluding tert-OH is 1. The summed E-state index contributed by atoms with van der Waals surface area (Å²) >= 11 is 0. The fourth-order valence-corrected chi connectivity index (χ4v) is 7.43. The van der Waals surface area contributed by atoms with E-state index in [0.717, 1.165) is 0 Å². The molecule has 1 aromatic carbocycles. The second-order valence-electron chi connectivity index (χ2n) is 14.2. The maximum Gasteiger partial charge on any atom is 0.313 e. The SMILES string of the molecule is CC(C)C[C@H](CO)N1C(=O)[C@H]2[C@@H]3C(=O)O[C@H](c4ccccc4)[C@@H](C)NC(=O)CC/C=C\CN(C(C)(C)C)C(=O)[C@H]1[C@@]21C=C[C@@H]3O1. The number of amides is 3. The number of carbonyl (C=O) groups is 4. The lowest BCUT2D eigenvalue weighted by atomic mass is 9.74. The van der Waals surface area contributed by atoms with Gasteiger partial charge in [-0.2, -0.15) is 0 Å². The van der Waals surface area contributed by atoms with Gasteiger partial charge in [0.05, 0.1) is 30.7 Å². The van der Waals surface area contributed by atoms with Gasteiger partial charge in [0, 0.05) is 18.5 Å². The summed E-state index contributed by atoms with van der Waals surface area (Å²) in [6.45, 7) is 11.5. The molecule has 2 N–H and O–H groups in total. The minimum Gasteiger partial charge on any atom is -0.455 e. The third-order valence-electron chi connectivity index (χ3n) is 9.45. The van der Waals surface area contributed by atoms with Crippen molar-refractivity contribution < 1.29 is 33.8 Å². The van der Waals surface area contributed by atoms with Gasteiger partial charge in [-0.25, -0.2) is 0 Å². The van der Waals surface area contributed by atoms with Crippen LogP contribution in [0.25, 0.3) is 0 Å². The molecule has 0 aliphatic carbocycles.